The van der Waals surface area contributed by atoms with Crippen molar-refractivity contribution in [3.8, 4) is 0 Å². The molecule has 3 N–H and O–H groups in total. The molecule has 1 aromatic carbocycles. The molecule has 1 aliphatic heterocycles. The van der Waals surface area contributed by atoms with Gasteiger partial charge in [0.1, 0.15) is 0 Å². The van der Waals surface area contributed by atoms with E-state index in [1.807, 2.05) is 24.9 Å². The van der Waals surface area contributed by atoms with E-state index < -0.39 is 0 Å². The average Bonchev–Trinajstić information content (AvgIpc) is 2.34. The minimum Gasteiger partial charge on any atom is -0.397 e. The number of piperidine rings is 1. The largest absolute Gasteiger partial charge is 0.397 e. The first-order valence-electron chi connectivity index (χ1n) is 6.11. The third kappa shape index (κ3) is 3.30. The fraction of sp³-hybridized carbons (Fsp3) is 0.538. The molecule has 0 aliphatic carbocycles. The zero-order valence-corrected chi connectivity index (χ0v) is 11.4. The third-order valence-electron chi connectivity index (χ3n) is 3.26. The Bertz CT molecular complexity index is 373. The van der Waals surface area contributed by atoms with Crippen molar-refractivity contribution in [3.05, 3.63) is 18.2 Å². The van der Waals surface area contributed by atoms with Crippen LogP contribution in [0.5, 0.6) is 0 Å². The van der Waals surface area contributed by atoms with Gasteiger partial charge >= 0.3 is 0 Å². The maximum atomic E-state index is 5.87. The summed E-state index contributed by atoms with van der Waals surface area (Å²) in [7, 11) is 4.11. The quantitative estimate of drug-likeness (QED) is 0.810. The first-order chi connectivity index (χ1) is 8.19. The molecular formula is C13H21N3S. The van der Waals surface area contributed by atoms with E-state index in [0.717, 1.165) is 16.6 Å². The second-order valence-corrected chi connectivity index (χ2v) is 5.99. The van der Waals surface area contributed by atoms with Gasteiger partial charge in [0.15, 0.2) is 0 Å². The maximum Gasteiger partial charge on any atom is 0.0582 e. The second kappa shape index (κ2) is 5.65. The predicted molar refractivity (Wildman–Crippen MR) is 76.8 cm³/mol. The molecule has 1 fully saturated rings. The Morgan fingerprint density at radius 2 is 2.06 bits per heavy atom. The smallest absolute Gasteiger partial charge is 0.0582 e. The van der Waals surface area contributed by atoms with Crippen LogP contribution < -0.4 is 11.1 Å². The van der Waals surface area contributed by atoms with Gasteiger partial charge in [0.2, 0.25) is 0 Å². The van der Waals surface area contributed by atoms with Crippen LogP contribution in [0, 0.1) is 0 Å². The van der Waals surface area contributed by atoms with Crippen LogP contribution in [0.4, 0.5) is 11.4 Å². The molecular weight excluding hydrogens is 230 g/mol. The van der Waals surface area contributed by atoms with Crippen LogP contribution in [-0.4, -0.2) is 37.3 Å². The molecule has 0 atom stereocenters. The molecule has 1 heterocycles. The lowest BCUT2D eigenvalue weighted by Gasteiger charge is -2.28. The molecule has 1 aliphatic rings. The number of hydrogen-bond acceptors (Lipinski definition) is 4. The van der Waals surface area contributed by atoms with Crippen molar-refractivity contribution in [1.82, 2.24) is 4.90 Å². The van der Waals surface area contributed by atoms with Crippen molar-refractivity contribution in [1.29, 1.82) is 0 Å². The number of anilines is 2. The molecule has 0 radical (unpaired) electrons. The summed E-state index contributed by atoms with van der Waals surface area (Å²) in [5.41, 5.74) is 7.72. The number of nitrogens with two attached hydrogens (primary N) is 1. The minimum absolute atomic E-state index is 0.750. The zero-order chi connectivity index (χ0) is 12.3. The highest BCUT2D eigenvalue weighted by atomic mass is 32.2. The average molecular weight is 251 g/mol. The molecule has 94 valence electrons. The lowest BCUT2D eigenvalue weighted by Crippen LogP contribution is -2.31. The molecule has 17 heavy (non-hydrogen) atoms. The molecule has 0 saturated carbocycles. The summed E-state index contributed by atoms with van der Waals surface area (Å²) >= 11 is 1.98. The number of hydrogen-bond donors (Lipinski definition) is 2. The minimum atomic E-state index is 0.750. The number of thioether (sulfide) groups is 1. The van der Waals surface area contributed by atoms with Crippen LogP contribution in [0.3, 0.4) is 0 Å². The Labute approximate surface area is 108 Å². The van der Waals surface area contributed by atoms with E-state index in [1.54, 1.807) is 0 Å². The monoisotopic (exact) mass is 251 g/mol. The lowest BCUT2D eigenvalue weighted by atomic mass is 10.1. The van der Waals surface area contributed by atoms with Gasteiger partial charge in [0, 0.05) is 17.2 Å². The summed E-state index contributed by atoms with van der Waals surface area (Å²) in [6.45, 7) is 2.43. The van der Waals surface area contributed by atoms with Crippen LogP contribution in [0.25, 0.3) is 0 Å². The Balaban J connectivity index is 1.99. The van der Waals surface area contributed by atoms with E-state index in [2.05, 4.69) is 29.4 Å². The van der Waals surface area contributed by atoms with Crippen molar-refractivity contribution in [2.45, 2.75) is 23.0 Å². The topological polar surface area (TPSA) is 41.3 Å². The summed E-state index contributed by atoms with van der Waals surface area (Å²) < 4.78 is 0. The number of nitrogen functional groups attached to an aromatic ring is 1. The normalized spacial score (nSPS) is 18.2. The predicted octanol–water partition coefficient (Wildman–Crippen LogP) is 2.50. The summed E-state index contributed by atoms with van der Waals surface area (Å²) in [6.07, 6.45) is 2.56. The van der Waals surface area contributed by atoms with Gasteiger partial charge < -0.3 is 16.0 Å². The van der Waals surface area contributed by atoms with Gasteiger partial charge in [-0.25, -0.2) is 0 Å². The number of rotatable bonds is 3. The molecule has 0 amide bonds. The highest BCUT2D eigenvalue weighted by Crippen LogP contribution is 2.33. The molecule has 1 saturated heterocycles. The molecule has 0 bridgehead atoms. The standard InChI is InChI=1S/C13H21N3S/c1-15-13-9-11(3-4-12(13)14)17-10-5-7-16(2)8-6-10/h3-4,9-10,15H,5-8,14H2,1-2H3. The zero-order valence-electron chi connectivity index (χ0n) is 10.6. The van der Waals surface area contributed by atoms with Gasteiger partial charge in [-0.05, 0) is 51.2 Å². The van der Waals surface area contributed by atoms with Crippen molar-refractivity contribution in [2.75, 3.05) is 38.2 Å². The SMILES string of the molecule is CNc1cc(SC2CCN(C)CC2)ccc1N. The van der Waals surface area contributed by atoms with Crippen LogP contribution in [0.1, 0.15) is 12.8 Å². The van der Waals surface area contributed by atoms with Crippen molar-refractivity contribution >= 4 is 23.1 Å². The third-order valence-corrected chi connectivity index (χ3v) is 4.59. The van der Waals surface area contributed by atoms with Gasteiger partial charge in [-0.15, -0.1) is 11.8 Å². The summed E-state index contributed by atoms with van der Waals surface area (Å²) in [6, 6.07) is 6.26. The molecule has 0 aromatic heterocycles. The molecule has 4 heteroatoms. The van der Waals surface area contributed by atoms with E-state index in [0.29, 0.717) is 0 Å². The molecule has 3 nitrogen and oxygen atoms in total. The van der Waals surface area contributed by atoms with Gasteiger partial charge in [-0.3, -0.25) is 0 Å². The van der Waals surface area contributed by atoms with Gasteiger partial charge in [-0.2, -0.15) is 0 Å². The summed E-state index contributed by atoms with van der Waals surface area (Å²) in [5.74, 6) is 0. The molecule has 0 unspecified atom stereocenters. The fourth-order valence-corrected chi connectivity index (χ4v) is 3.28. The van der Waals surface area contributed by atoms with E-state index in [-0.39, 0.29) is 0 Å². The van der Waals surface area contributed by atoms with Crippen LogP contribution in [0.2, 0.25) is 0 Å². The Morgan fingerprint density at radius 1 is 1.35 bits per heavy atom. The molecule has 1 aromatic rings. The van der Waals surface area contributed by atoms with Gasteiger partial charge in [0.05, 0.1) is 11.4 Å². The number of nitrogens with one attached hydrogen (secondary N) is 1. The van der Waals surface area contributed by atoms with Gasteiger partial charge in [-0.1, -0.05) is 0 Å². The van der Waals surface area contributed by atoms with E-state index in [9.17, 15) is 0 Å². The first kappa shape index (κ1) is 12.6. The summed E-state index contributed by atoms with van der Waals surface area (Å²) in [5, 5.41) is 3.88. The number of likely N-dealkylation sites (tertiary alicyclic amines) is 1. The van der Waals surface area contributed by atoms with E-state index in [4.69, 9.17) is 5.73 Å². The number of benzene rings is 1. The van der Waals surface area contributed by atoms with E-state index in [1.165, 1.54) is 30.8 Å². The summed E-state index contributed by atoms with van der Waals surface area (Å²) in [4.78, 5) is 3.72. The second-order valence-electron chi connectivity index (χ2n) is 4.62. The van der Waals surface area contributed by atoms with E-state index >= 15 is 0 Å². The Hall–Kier alpha value is -0.870. The molecule has 0 spiro atoms. The molecule has 2 rings (SSSR count). The Morgan fingerprint density at radius 3 is 2.71 bits per heavy atom. The Kier molecular flexibility index (Phi) is 4.18. The van der Waals surface area contributed by atoms with Crippen LogP contribution in [0.15, 0.2) is 23.1 Å². The highest BCUT2D eigenvalue weighted by molar-refractivity contribution is 8.00. The van der Waals surface area contributed by atoms with Crippen molar-refractivity contribution in [3.63, 3.8) is 0 Å². The lowest BCUT2D eigenvalue weighted by molar-refractivity contribution is 0.282. The van der Waals surface area contributed by atoms with Gasteiger partial charge in [0.25, 0.3) is 0 Å². The first-order valence-corrected chi connectivity index (χ1v) is 6.99. The highest BCUT2D eigenvalue weighted by Gasteiger charge is 2.17. The number of nitrogens with zero attached hydrogens (tertiary/aromatic N) is 1. The van der Waals surface area contributed by atoms with Crippen molar-refractivity contribution < 1.29 is 0 Å². The van der Waals surface area contributed by atoms with Crippen LogP contribution in [-0.2, 0) is 0 Å². The van der Waals surface area contributed by atoms with Crippen molar-refractivity contribution in [2.24, 2.45) is 0 Å². The maximum absolute atomic E-state index is 5.87. The van der Waals surface area contributed by atoms with Crippen LogP contribution >= 0.6 is 11.8 Å². The fourth-order valence-electron chi connectivity index (χ4n) is 2.12.